The van der Waals surface area contributed by atoms with Crippen LogP contribution in [0.25, 0.3) is 10.8 Å². The maximum absolute atomic E-state index is 12.3. The average Bonchev–Trinajstić information content (AvgIpc) is 2.72. The Kier molecular flexibility index (Phi) is 6.57. The van der Waals surface area contributed by atoms with Crippen molar-refractivity contribution in [2.24, 2.45) is 0 Å². The number of esters is 1. The second-order valence-electron chi connectivity index (χ2n) is 6.23. The van der Waals surface area contributed by atoms with Gasteiger partial charge in [0.15, 0.2) is 12.7 Å². The first-order chi connectivity index (χ1) is 14.0. The van der Waals surface area contributed by atoms with Crippen LogP contribution in [0.3, 0.4) is 0 Å². The van der Waals surface area contributed by atoms with Crippen LogP contribution in [-0.2, 0) is 14.3 Å². The van der Waals surface area contributed by atoms with E-state index in [0.29, 0.717) is 22.2 Å². The van der Waals surface area contributed by atoms with Gasteiger partial charge in [-0.3, -0.25) is 4.79 Å². The number of nitrogens with one attached hydrogen (secondary N) is 1. The standard InChI is InChI=1S/C22H20ClNO5/c1-14(22(26)24-18-12-16(23)10-11-20(18)27-2)29-21(25)13-28-19-9-5-7-15-6-3-4-8-17(15)19/h3-12,14H,13H2,1-2H3,(H,24,26). The van der Waals surface area contributed by atoms with Gasteiger partial charge in [-0.2, -0.15) is 0 Å². The lowest BCUT2D eigenvalue weighted by Crippen LogP contribution is -2.31. The predicted molar refractivity (Wildman–Crippen MR) is 112 cm³/mol. The highest BCUT2D eigenvalue weighted by molar-refractivity contribution is 6.31. The first-order valence-corrected chi connectivity index (χ1v) is 9.30. The quantitative estimate of drug-likeness (QED) is 0.579. The van der Waals surface area contributed by atoms with Crippen molar-refractivity contribution in [2.75, 3.05) is 19.0 Å². The van der Waals surface area contributed by atoms with Crippen LogP contribution in [0.5, 0.6) is 11.5 Å². The summed E-state index contributed by atoms with van der Waals surface area (Å²) in [5, 5.41) is 4.97. The maximum Gasteiger partial charge on any atom is 0.344 e. The van der Waals surface area contributed by atoms with Gasteiger partial charge in [0.2, 0.25) is 0 Å². The van der Waals surface area contributed by atoms with Gasteiger partial charge in [-0.25, -0.2) is 4.79 Å². The Hall–Kier alpha value is -3.25. The van der Waals surface area contributed by atoms with Gasteiger partial charge in [-0.1, -0.05) is 48.0 Å². The molecule has 0 aliphatic carbocycles. The van der Waals surface area contributed by atoms with Gasteiger partial charge >= 0.3 is 5.97 Å². The molecule has 0 spiro atoms. The molecule has 1 N–H and O–H groups in total. The fourth-order valence-corrected chi connectivity index (χ4v) is 2.93. The van der Waals surface area contributed by atoms with Crippen LogP contribution in [0, 0.1) is 0 Å². The first-order valence-electron chi connectivity index (χ1n) is 8.92. The minimum atomic E-state index is -1.03. The summed E-state index contributed by atoms with van der Waals surface area (Å²) in [6, 6.07) is 18.1. The fraction of sp³-hybridized carbons (Fsp3) is 0.182. The van der Waals surface area contributed by atoms with Crippen LogP contribution in [-0.4, -0.2) is 31.7 Å². The summed E-state index contributed by atoms with van der Waals surface area (Å²) in [5.74, 6) is -0.149. The fourth-order valence-electron chi connectivity index (χ4n) is 2.76. The molecule has 0 fully saturated rings. The minimum Gasteiger partial charge on any atom is -0.495 e. The molecule has 150 valence electrons. The highest BCUT2D eigenvalue weighted by Crippen LogP contribution is 2.28. The van der Waals surface area contributed by atoms with Crippen molar-refractivity contribution >= 4 is 39.9 Å². The molecule has 0 radical (unpaired) electrons. The van der Waals surface area contributed by atoms with Gasteiger partial charge in [-0.05, 0) is 36.6 Å². The number of hydrogen-bond donors (Lipinski definition) is 1. The van der Waals surface area contributed by atoms with E-state index in [1.165, 1.54) is 14.0 Å². The Bertz CT molecular complexity index is 1030. The van der Waals surface area contributed by atoms with Crippen molar-refractivity contribution in [3.63, 3.8) is 0 Å². The summed E-state index contributed by atoms with van der Waals surface area (Å²) in [6.45, 7) is 1.16. The molecule has 3 rings (SSSR count). The molecule has 0 saturated heterocycles. The Balaban J connectivity index is 1.57. The molecular formula is C22H20ClNO5. The molecule has 0 saturated carbocycles. The number of anilines is 1. The van der Waals surface area contributed by atoms with Crippen molar-refractivity contribution in [3.8, 4) is 11.5 Å². The summed E-state index contributed by atoms with van der Waals surface area (Å²) in [7, 11) is 1.48. The van der Waals surface area contributed by atoms with Crippen LogP contribution >= 0.6 is 11.6 Å². The van der Waals surface area contributed by atoms with Gasteiger partial charge in [0.05, 0.1) is 12.8 Å². The Labute approximate surface area is 173 Å². The summed E-state index contributed by atoms with van der Waals surface area (Å²) in [5.41, 5.74) is 0.389. The zero-order valence-corrected chi connectivity index (χ0v) is 16.7. The second-order valence-corrected chi connectivity index (χ2v) is 6.67. The SMILES string of the molecule is COc1ccc(Cl)cc1NC(=O)C(C)OC(=O)COc1cccc2ccccc12. The van der Waals surface area contributed by atoms with Crippen LogP contribution in [0.2, 0.25) is 5.02 Å². The van der Waals surface area contributed by atoms with Gasteiger partial charge in [0.1, 0.15) is 11.5 Å². The highest BCUT2D eigenvalue weighted by Gasteiger charge is 2.20. The molecule has 1 unspecified atom stereocenters. The number of halogens is 1. The van der Waals surface area contributed by atoms with Crippen LogP contribution in [0.15, 0.2) is 60.7 Å². The monoisotopic (exact) mass is 413 g/mol. The third kappa shape index (κ3) is 5.18. The summed E-state index contributed by atoms with van der Waals surface area (Å²) in [4.78, 5) is 24.5. The van der Waals surface area contributed by atoms with E-state index in [1.54, 1.807) is 24.3 Å². The Morgan fingerprint density at radius 3 is 2.59 bits per heavy atom. The zero-order chi connectivity index (χ0) is 20.8. The maximum atomic E-state index is 12.3. The molecule has 1 atom stereocenters. The topological polar surface area (TPSA) is 73.9 Å². The van der Waals surface area contributed by atoms with Crippen molar-refractivity contribution in [1.29, 1.82) is 0 Å². The first kappa shape index (κ1) is 20.5. The van der Waals surface area contributed by atoms with Crippen molar-refractivity contribution in [1.82, 2.24) is 0 Å². The third-order valence-electron chi connectivity index (χ3n) is 4.19. The van der Waals surface area contributed by atoms with Crippen molar-refractivity contribution in [3.05, 3.63) is 65.7 Å². The normalized spacial score (nSPS) is 11.6. The lowest BCUT2D eigenvalue weighted by atomic mass is 10.1. The molecule has 0 heterocycles. The summed E-state index contributed by atoms with van der Waals surface area (Å²) in [6.07, 6.45) is -1.03. The number of carbonyl (C=O) groups is 2. The minimum absolute atomic E-state index is 0.313. The van der Waals surface area contributed by atoms with Crippen molar-refractivity contribution in [2.45, 2.75) is 13.0 Å². The number of ether oxygens (including phenoxy) is 3. The van der Waals surface area contributed by atoms with E-state index in [2.05, 4.69) is 5.32 Å². The second kappa shape index (κ2) is 9.30. The number of carbonyl (C=O) groups excluding carboxylic acids is 2. The van der Waals surface area contributed by atoms with Crippen LogP contribution in [0.4, 0.5) is 5.69 Å². The molecule has 0 aliphatic rings. The zero-order valence-electron chi connectivity index (χ0n) is 16.0. The Morgan fingerprint density at radius 1 is 1.03 bits per heavy atom. The largest absolute Gasteiger partial charge is 0.495 e. The van der Waals surface area contributed by atoms with Crippen LogP contribution < -0.4 is 14.8 Å². The smallest absolute Gasteiger partial charge is 0.344 e. The van der Waals surface area contributed by atoms with Crippen molar-refractivity contribution < 1.29 is 23.8 Å². The van der Waals surface area contributed by atoms with Gasteiger partial charge in [-0.15, -0.1) is 0 Å². The predicted octanol–water partition coefficient (Wildman–Crippen LogP) is 4.45. The lowest BCUT2D eigenvalue weighted by molar-refractivity contribution is -0.155. The number of benzene rings is 3. The summed E-state index contributed by atoms with van der Waals surface area (Å²) < 4.78 is 15.9. The number of hydrogen-bond acceptors (Lipinski definition) is 5. The van der Waals surface area contributed by atoms with E-state index in [1.807, 2.05) is 36.4 Å². The number of amides is 1. The molecule has 1 amide bonds. The molecule has 0 aromatic heterocycles. The molecule has 7 heteroatoms. The lowest BCUT2D eigenvalue weighted by Gasteiger charge is -2.16. The van der Waals surface area contributed by atoms with Gasteiger partial charge in [0.25, 0.3) is 5.91 Å². The van der Waals surface area contributed by atoms with Gasteiger partial charge < -0.3 is 19.5 Å². The average molecular weight is 414 g/mol. The van der Waals surface area contributed by atoms with E-state index in [9.17, 15) is 9.59 Å². The molecular weight excluding hydrogens is 394 g/mol. The number of fused-ring (bicyclic) bond motifs is 1. The Morgan fingerprint density at radius 2 is 1.79 bits per heavy atom. The number of rotatable bonds is 7. The molecule has 0 bridgehead atoms. The van der Waals surface area contributed by atoms with E-state index in [-0.39, 0.29) is 6.61 Å². The molecule has 29 heavy (non-hydrogen) atoms. The van der Waals surface area contributed by atoms with E-state index < -0.39 is 18.0 Å². The molecule has 0 aliphatic heterocycles. The van der Waals surface area contributed by atoms with E-state index in [0.717, 1.165) is 10.8 Å². The van der Waals surface area contributed by atoms with Crippen LogP contribution in [0.1, 0.15) is 6.92 Å². The van der Waals surface area contributed by atoms with E-state index in [4.69, 9.17) is 25.8 Å². The molecule has 6 nitrogen and oxygen atoms in total. The summed E-state index contributed by atoms with van der Waals surface area (Å²) >= 11 is 5.95. The molecule has 3 aromatic carbocycles. The number of methoxy groups -OCH3 is 1. The highest BCUT2D eigenvalue weighted by atomic mass is 35.5. The van der Waals surface area contributed by atoms with Gasteiger partial charge in [0, 0.05) is 10.4 Å². The molecule has 3 aromatic rings. The van der Waals surface area contributed by atoms with E-state index >= 15 is 0 Å². The third-order valence-corrected chi connectivity index (χ3v) is 4.43.